The van der Waals surface area contributed by atoms with E-state index in [0.29, 0.717) is 17.7 Å². The van der Waals surface area contributed by atoms with Gasteiger partial charge in [-0.2, -0.15) is 5.10 Å². The molecule has 2 atom stereocenters. The van der Waals surface area contributed by atoms with Crippen LogP contribution in [0.1, 0.15) is 34.0 Å². The molecule has 0 saturated carbocycles. The van der Waals surface area contributed by atoms with Gasteiger partial charge < -0.3 is 10.6 Å². The molecule has 3 aromatic rings. The van der Waals surface area contributed by atoms with E-state index in [4.69, 9.17) is 0 Å². The van der Waals surface area contributed by atoms with Gasteiger partial charge in [0.1, 0.15) is 0 Å². The molecule has 5 nitrogen and oxygen atoms in total. The fourth-order valence-electron chi connectivity index (χ4n) is 3.86. The number of benzene rings is 2. The summed E-state index contributed by atoms with van der Waals surface area (Å²) in [6.45, 7) is 3.16. The van der Waals surface area contributed by atoms with Crippen molar-refractivity contribution in [2.45, 2.75) is 25.3 Å². The lowest BCUT2D eigenvalue weighted by molar-refractivity contribution is 0.0923. The lowest BCUT2D eigenvalue weighted by Crippen LogP contribution is -2.50. The van der Waals surface area contributed by atoms with E-state index in [0.717, 1.165) is 30.4 Å². The van der Waals surface area contributed by atoms with Crippen LogP contribution < -0.4 is 10.6 Å². The molecule has 2 N–H and O–H groups in total. The van der Waals surface area contributed by atoms with Gasteiger partial charge in [-0.25, -0.2) is 13.5 Å². The summed E-state index contributed by atoms with van der Waals surface area (Å²) in [6.07, 6.45) is 2.28. The number of hydrogen-bond acceptors (Lipinski definition) is 3. The normalized spacial score (nSPS) is 19.1. The van der Waals surface area contributed by atoms with E-state index < -0.39 is 11.6 Å². The van der Waals surface area contributed by atoms with Crippen LogP contribution in [-0.2, 0) is 0 Å². The summed E-state index contributed by atoms with van der Waals surface area (Å²) in [5.74, 6) is -2.07. The molecule has 1 saturated heterocycles. The number of para-hydroxylation sites is 1. The van der Waals surface area contributed by atoms with Crippen LogP contribution in [0.4, 0.5) is 8.78 Å². The monoisotopic (exact) mass is 396 g/mol. The summed E-state index contributed by atoms with van der Waals surface area (Å²) < 4.78 is 28.8. The Kier molecular flexibility index (Phi) is 5.40. The van der Waals surface area contributed by atoms with Gasteiger partial charge in [0.2, 0.25) is 0 Å². The van der Waals surface area contributed by atoms with Crippen LogP contribution in [0.15, 0.2) is 54.7 Å². The van der Waals surface area contributed by atoms with Crippen LogP contribution >= 0.6 is 0 Å². The van der Waals surface area contributed by atoms with Gasteiger partial charge in [-0.3, -0.25) is 4.79 Å². The molecule has 0 bridgehead atoms. The molecule has 1 aromatic heterocycles. The van der Waals surface area contributed by atoms with Crippen molar-refractivity contribution < 1.29 is 13.6 Å². The maximum atomic E-state index is 13.7. The highest BCUT2D eigenvalue weighted by atomic mass is 19.2. The molecule has 1 amide bonds. The molecule has 2 aromatic carbocycles. The first-order valence-electron chi connectivity index (χ1n) is 9.61. The van der Waals surface area contributed by atoms with E-state index in [1.807, 2.05) is 37.3 Å². The van der Waals surface area contributed by atoms with E-state index in [-0.39, 0.29) is 17.9 Å². The summed E-state index contributed by atoms with van der Waals surface area (Å²) in [4.78, 5) is 13.0. The van der Waals surface area contributed by atoms with Crippen LogP contribution in [-0.4, -0.2) is 34.8 Å². The van der Waals surface area contributed by atoms with E-state index >= 15 is 0 Å². The number of aromatic nitrogens is 2. The van der Waals surface area contributed by atoms with Crippen LogP contribution in [0.25, 0.3) is 5.69 Å². The highest BCUT2D eigenvalue weighted by molar-refractivity contribution is 5.95. The summed E-state index contributed by atoms with van der Waals surface area (Å²) >= 11 is 0. The molecule has 0 aliphatic carbocycles. The quantitative estimate of drug-likeness (QED) is 0.711. The second-order valence-electron chi connectivity index (χ2n) is 7.24. The van der Waals surface area contributed by atoms with Crippen molar-refractivity contribution in [1.29, 1.82) is 0 Å². The molecular formula is C22H22F2N4O. The minimum atomic E-state index is -0.869. The lowest BCUT2D eigenvalue weighted by Gasteiger charge is -2.33. The number of carbonyl (C=O) groups excluding carboxylic acids is 1. The van der Waals surface area contributed by atoms with E-state index in [1.165, 1.54) is 6.07 Å². The first-order chi connectivity index (χ1) is 14.0. The minimum absolute atomic E-state index is 0.0974. The standard InChI is InChI=1S/C22H22F2N4O/c1-14-18(12-26-28(14)16-5-3-2-4-6-16)22(29)27-21-13-25-10-9-17(21)15-7-8-19(23)20(24)11-15/h2-8,11-12,17,21,25H,9-10,13H2,1H3,(H,27,29). The predicted molar refractivity (Wildman–Crippen MR) is 106 cm³/mol. The van der Waals surface area contributed by atoms with Gasteiger partial charge in [0.15, 0.2) is 11.6 Å². The van der Waals surface area contributed by atoms with Crippen molar-refractivity contribution in [3.63, 3.8) is 0 Å². The van der Waals surface area contributed by atoms with Crippen LogP contribution in [0.2, 0.25) is 0 Å². The first-order valence-corrected chi connectivity index (χ1v) is 9.61. The van der Waals surface area contributed by atoms with Crippen molar-refractivity contribution >= 4 is 5.91 Å². The lowest BCUT2D eigenvalue weighted by atomic mass is 9.86. The molecule has 4 rings (SSSR count). The number of carbonyl (C=O) groups is 1. The Bertz CT molecular complexity index is 1020. The molecule has 7 heteroatoms. The molecule has 2 unspecified atom stereocenters. The minimum Gasteiger partial charge on any atom is -0.347 e. The zero-order valence-corrected chi connectivity index (χ0v) is 16.0. The molecule has 0 radical (unpaired) electrons. The number of piperidine rings is 1. The third kappa shape index (κ3) is 3.91. The van der Waals surface area contributed by atoms with Crippen molar-refractivity contribution in [1.82, 2.24) is 20.4 Å². The maximum absolute atomic E-state index is 13.7. The van der Waals surface area contributed by atoms with Crippen molar-refractivity contribution in [3.8, 4) is 5.69 Å². The molecule has 29 heavy (non-hydrogen) atoms. The van der Waals surface area contributed by atoms with Crippen LogP contribution in [0.5, 0.6) is 0 Å². The molecule has 150 valence electrons. The third-order valence-electron chi connectivity index (χ3n) is 5.43. The SMILES string of the molecule is Cc1c(C(=O)NC2CNCCC2c2ccc(F)c(F)c2)cnn1-c1ccccc1. The summed E-state index contributed by atoms with van der Waals surface area (Å²) in [5.41, 5.74) is 2.79. The van der Waals surface area contributed by atoms with Crippen molar-refractivity contribution in [2.24, 2.45) is 0 Å². The number of rotatable bonds is 4. The van der Waals surface area contributed by atoms with E-state index in [9.17, 15) is 13.6 Å². The Balaban J connectivity index is 1.55. The zero-order valence-electron chi connectivity index (χ0n) is 16.0. The summed E-state index contributed by atoms with van der Waals surface area (Å²) in [6, 6.07) is 13.3. The van der Waals surface area contributed by atoms with Crippen molar-refractivity contribution in [3.05, 3.63) is 83.2 Å². The van der Waals surface area contributed by atoms with Crippen molar-refractivity contribution in [2.75, 3.05) is 13.1 Å². The maximum Gasteiger partial charge on any atom is 0.255 e. The van der Waals surface area contributed by atoms with Gasteiger partial charge in [0.25, 0.3) is 5.91 Å². The predicted octanol–water partition coefficient (Wildman–Crippen LogP) is 3.33. The average molecular weight is 396 g/mol. The van der Waals surface area contributed by atoms with Crippen LogP contribution in [0.3, 0.4) is 0 Å². The summed E-state index contributed by atoms with van der Waals surface area (Å²) in [5, 5.41) is 10.7. The Morgan fingerprint density at radius 1 is 1.17 bits per heavy atom. The first kappa shape index (κ1) is 19.3. The highest BCUT2D eigenvalue weighted by Gasteiger charge is 2.29. The number of amides is 1. The number of nitrogens with one attached hydrogen (secondary N) is 2. The van der Waals surface area contributed by atoms with Gasteiger partial charge in [0.05, 0.1) is 23.1 Å². The van der Waals surface area contributed by atoms with Gasteiger partial charge in [0, 0.05) is 18.5 Å². The van der Waals surface area contributed by atoms with Gasteiger partial charge >= 0.3 is 0 Å². The third-order valence-corrected chi connectivity index (χ3v) is 5.43. The smallest absolute Gasteiger partial charge is 0.255 e. The number of halogens is 2. The fourth-order valence-corrected chi connectivity index (χ4v) is 3.86. The summed E-state index contributed by atoms with van der Waals surface area (Å²) in [7, 11) is 0. The molecule has 1 fully saturated rings. The second kappa shape index (κ2) is 8.13. The molecule has 2 heterocycles. The molecular weight excluding hydrogens is 374 g/mol. The second-order valence-corrected chi connectivity index (χ2v) is 7.24. The topological polar surface area (TPSA) is 59.0 Å². The Morgan fingerprint density at radius 3 is 2.72 bits per heavy atom. The largest absolute Gasteiger partial charge is 0.347 e. The Morgan fingerprint density at radius 2 is 1.97 bits per heavy atom. The van der Waals surface area contributed by atoms with Gasteiger partial charge in [-0.15, -0.1) is 0 Å². The fraction of sp³-hybridized carbons (Fsp3) is 0.273. The zero-order chi connectivity index (χ0) is 20.4. The van der Waals surface area contributed by atoms with Gasteiger partial charge in [-0.05, 0) is 49.7 Å². The number of nitrogens with zero attached hydrogens (tertiary/aromatic N) is 2. The molecule has 1 aliphatic rings. The molecule has 0 spiro atoms. The Labute approximate surface area is 167 Å². The van der Waals surface area contributed by atoms with E-state index in [2.05, 4.69) is 15.7 Å². The van der Waals surface area contributed by atoms with E-state index in [1.54, 1.807) is 16.9 Å². The molecule has 1 aliphatic heterocycles. The highest BCUT2D eigenvalue weighted by Crippen LogP contribution is 2.27. The van der Waals surface area contributed by atoms with Crippen LogP contribution in [0, 0.1) is 18.6 Å². The Hall–Kier alpha value is -3.06. The average Bonchev–Trinajstić information content (AvgIpc) is 3.12. The van der Waals surface area contributed by atoms with Gasteiger partial charge in [-0.1, -0.05) is 24.3 Å². The number of hydrogen-bond donors (Lipinski definition) is 2.